The zero-order valence-electron chi connectivity index (χ0n) is 14.7. The number of nitrogens with two attached hydrogens (primary N) is 1. The monoisotopic (exact) mass is 398 g/mol. The van der Waals surface area contributed by atoms with Crippen molar-refractivity contribution >= 4 is 29.1 Å². The van der Waals surface area contributed by atoms with E-state index in [0.29, 0.717) is 17.1 Å². The number of aromatic nitrogens is 2. The number of nitrogens with zero attached hydrogens (tertiary/aromatic N) is 2. The van der Waals surface area contributed by atoms with E-state index in [1.165, 1.54) is 24.3 Å². The maximum absolute atomic E-state index is 13.2. The second-order valence-electron chi connectivity index (χ2n) is 6.53. The molecule has 0 unspecified atom stereocenters. The quantitative estimate of drug-likeness (QED) is 0.704. The third-order valence-corrected chi connectivity index (χ3v) is 5.04. The average molecular weight is 399 g/mol. The normalized spacial score (nSPS) is 12.6. The van der Waals surface area contributed by atoms with Crippen molar-refractivity contribution in [3.05, 3.63) is 75.8 Å². The van der Waals surface area contributed by atoms with Crippen LogP contribution in [0.5, 0.6) is 0 Å². The molecule has 1 heterocycles. The Hall–Kier alpha value is -3.19. The van der Waals surface area contributed by atoms with Gasteiger partial charge in [-0.05, 0) is 61.7 Å². The molecule has 0 atom stereocenters. The first kappa shape index (κ1) is 18.2. The number of hydrogen-bond acceptors (Lipinski definition) is 3. The Morgan fingerprint density at radius 1 is 1.14 bits per heavy atom. The van der Waals surface area contributed by atoms with E-state index in [1.54, 1.807) is 22.9 Å². The van der Waals surface area contributed by atoms with Gasteiger partial charge in [0.2, 0.25) is 5.91 Å². The molecule has 0 aliphatic heterocycles. The molecule has 0 radical (unpaired) electrons. The number of halogens is 2. The molecule has 28 heavy (non-hydrogen) atoms. The number of fused-ring (bicyclic) bond motifs is 1. The van der Waals surface area contributed by atoms with Crippen LogP contribution in [0.4, 0.5) is 10.1 Å². The smallest absolute Gasteiger partial charge is 0.276 e. The van der Waals surface area contributed by atoms with Gasteiger partial charge < -0.3 is 11.1 Å². The summed E-state index contributed by atoms with van der Waals surface area (Å²) in [6.45, 7) is 0. The van der Waals surface area contributed by atoms with E-state index in [4.69, 9.17) is 17.3 Å². The molecule has 1 aliphatic rings. The molecule has 0 saturated carbocycles. The number of nitrogens with one attached hydrogen (secondary N) is 1. The summed E-state index contributed by atoms with van der Waals surface area (Å²) < 4.78 is 14.9. The largest absolute Gasteiger partial charge is 0.366 e. The Kier molecular flexibility index (Phi) is 4.60. The Morgan fingerprint density at radius 3 is 2.61 bits per heavy atom. The third kappa shape index (κ3) is 3.25. The summed E-state index contributed by atoms with van der Waals surface area (Å²) in [7, 11) is 0. The van der Waals surface area contributed by atoms with Crippen LogP contribution < -0.4 is 11.1 Å². The second-order valence-corrected chi connectivity index (χ2v) is 6.94. The molecule has 4 rings (SSSR count). The highest BCUT2D eigenvalue weighted by atomic mass is 35.5. The molecule has 2 aromatic carbocycles. The van der Waals surface area contributed by atoms with Crippen LogP contribution >= 0.6 is 11.6 Å². The van der Waals surface area contributed by atoms with Gasteiger partial charge in [0.1, 0.15) is 5.82 Å². The van der Waals surface area contributed by atoms with Crippen LogP contribution in [-0.2, 0) is 12.8 Å². The van der Waals surface area contributed by atoms with Gasteiger partial charge in [0.25, 0.3) is 5.91 Å². The number of amides is 2. The fourth-order valence-corrected chi connectivity index (χ4v) is 3.61. The predicted octanol–water partition coefficient (Wildman–Crippen LogP) is 3.50. The first-order valence-electron chi connectivity index (χ1n) is 8.71. The minimum Gasteiger partial charge on any atom is -0.366 e. The molecule has 2 amide bonds. The van der Waals surface area contributed by atoms with Crippen LogP contribution in [0.2, 0.25) is 5.02 Å². The lowest BCUT2D eigenvalue weighted by atomic mass is 10.1. The van der Waals surface area contributed by atoms with Gasteiger partial charge >= 0.3 is 0 Å². The lowest BCUT2D eigenvalue weighted by molar-refractivity contribution is 0.0995. The molecule has 0 saturated heterocycles. The van der Waals surface area contributed by atoms with Crippen LogP contribution in [0.15, 0.2) is 42.5 Å². The van der Waals surface area contributed by atoms with Gasteiger partial charge in [0, 0.05) is 16.9 Å². The van der Waals surface area contributed by atoms with Gasteiger partial charge in [-0.3, -0.25) is 9.59 Å². The Bertz CT molecular complexity index is 1090. The lowest BCUT2D eigenvalue weighted by Crippen LogP contribution is -2.16. The van der Waals surface area contributed by atoms with Gasteiger partial charge in [-0.2, -0.15) is 5.10 Å². The van der Waals surface area contributed by atoms with E-state index < -0.39 is 11.8 Å². The molecule has 3 aromatic rings. The van der Waals surface area contributed by atoms with Crippen LogP contribution in [0.3, 0.4) is 0 Å². The zero-order chi connectivity index (χ0) is 19.8. The summed E-state index contributed by atoms with van der Waals surface area (Å²) in [4.78, 5) is 24.3. The lowest BCUT2D eigenvalue weighted by Gasteiger charge is -2.07. The van der Waals surface area contributed by atoms with Crippen molar-refractivity contribution in [3.8, 4) is 5.69 Å². The number of primary amides is 1. The summed E-state index contributed by atoms with van der Waals surface area (Å²) in [5.74, 6) is -1.40. The SMILES string of the molecule is NC(=O)c1cc(NC(=O)c2nn(-c3ccc(F)cc3)c3c2CCC3)ccc1Cl. The fourth-order valence-electron chi connectivity index (χ4n) is 3.40. The van der Waals surface area contributed by atoms with Crippen molar-refractivity contribution in [2.75, 3.05) is 5.32 Å². The van der Waals surface area contributed by atoms with Gasteiger partial charge in [0.15, 0.2) is 5.69 Å². The van der Waals surface area contributed by atoms with E-state index >= 15 is 0 Å². The van der Waals surface area contributed by atoms with E-state index in [9.17, 15) is 14.0 Å². The number of carbonyl (C=O) groups is 2. The van der Waals surface area contributed by atoms with Crippen LogP contribution in [0, 0.1) is 5.82 Å². The van der Waals surface area contributed by atoms with E-state index in [1.807, 2.05) is 0 Å². The standard InChI is InChI=1S/C20H16ClFN4O2/c21-16-9-6-12(10-15(16)19(23)27)24-20(28)18-14-2-1-3-17(14)26(25-18)13-7-4-11(22)5-8-13/h4-10H,1-3H2,(H2,23,27)(H,24,28). The van der Waals surface area contributed by atoms with Crippen molar-refractivity contribution in [2.24, 2.45) is 5.73 Å². The summed E-state index contributed by atoms with van der Waals surface area (Å²) >= 11 is 5.95. The zero-order valence-corrected chi connectivity index (χ0v) is 15.5. The molecule has 142 valence electrons. The molecule has 0 fully saturated rings. The van der Waals surface area contributed by atoms with Crippen LogP contribution in [-0.4, -0.2) is 21.6 Å². The van der Waals surface area contributed by atoms with Crippen molar-refractivity contribution in [2.45, 2.75) is 19.3 Å². The molecule has 3 N–H and O–H groups in total. The predicted molar refractivity (Wildman–Crippen MR) is 103 cm³/mol. The van der Waals surface area contributed by atoms with E-state index in [-0.39, 0.29) is 16.4 Å². The first-order valence-corrected chi connectivity index (χ1v) is 9.09. The molecule has 0 bridgehead atoms. The van der Waals surface area contributed by atoms with Crippen molar-refractivity contribution in [1.82, 2.24) is 9.78 Å². The number of carbonyl (C=O) groups excluding carboxylic acids is 2. The second kappa shape index (κ2) is 7.09. The highest BCUT2D eigenvalue weighted by Crippen LogP contribution is 2.29. The minimum absolute atomic E-state index is 0.126. The van der Waals surface area contributed by atoms with Gasteiger partial charge in [0.05, 0.1) is 16.3 Å². The molecule has 0 spiro atoms. The maximum Gasteiger partial charge on any atom is 0.276 e. The van der Waals surface area contributed by atoms with Crippen molar-refractivity contribution in [1.29, 1.82) is 0 Å². The van der Waals surface area contributed by atoms with Gasteiger partial charge in [-0.15, -0.1) is 0 Å². The maximum atomic E-state index is 13.2. The van der Waals surface area contributed by atoms with Crippen LogP contribution in [0.1, 0.15) is 38.5 Å². The van der Waals surface area contributed by atoms with Gasteiger partial charge in [-0.25, -0.2) is 9.07 Å². The number of rotatable bonds is 4. The fraction of sp³-hybridized carbons (Fsp3) is 0.150. The van der Waals surface area contributed by atoms with Crippen molar-refractivity contribution < 1.29 is 14.0 Å². The third-order valence-electron chi connectivity index (χ3n) is 4.71. The summed E-state index contributed by atoms with van der Waals surface area (Å²) in [5.41, 5.74) is 8.66. The average Bonchev–Trinajstić information content (AvgIpc) is 3.26. The van der Waals surface area contributed by atoms with Crippen LogP contribution in [0.25, 0.3) is 5.69 Å². The van der Waals surface area contributed by atoms with Gasteiger partial charge in [-0.1, -0.05) is 11.6 Å². The Labute approximate surface area is 165 Å². The molecular formula is C20H16ClFN4O2. The molecule has 6 nitrogen and oxygen atoms in total. The Balaban J connectivity index is 1.67. The Morgan fingerprint density at radius 2 is 1.89 bits per heavy atom. The highest BCUT2D eigenvalue weighted by molar-refractivity contribution is 6.34. The highest BCUT2D eigenvalue weighted by Gasteiger charge is 2.27. The summed E-state index contributed by atoms with van der Waals surface area (Å²) in [5, 5.41) is 7.43. The van der Waals surface area contributed by atoms with Crippen molar-refractivity contribution in [3.63, 3.8) is 0 Å². The number of hydrogen-bond donors (Lipinski definition) is 2. The molecule has 1 aromatic heterocycles. The molecule has 8 heteroatoms. The molecule has 1 aliphatic carbocycles. The summed E-state index contributed by atoms with van der Waals surface area (Å²) in [6.07, 6.45) is 2.45. The van der Waals surface area contributed by atoms with E-state index in [0.717, 1.165) is 30.5 Å². The minimum atomic E-state index is -0.678. The topological polar surface area (TPSA) is 90.0 Å². The number of anilines is 1. The first-order chi connectivity index (χ1) is 13.4. The summed E-state index contributed by atoms with van der Waals surface area (Å²) in [6, 6.07) is 10.5. The molecular weight excluding hydrogens is 383 g/mol. The van der Waals surface area contributed by atoms with E-state index in [2.05, 4.69) is 10.4 Å². The number of benzene rings is 2.